The van der Waals surface area contributed by atoms with Gasteiger partial charge in [-0.25, -0.2) is 0 Å². The van der Waals surface area contributed by atoms with Crippen LogP contribution in [0, 0.1) is 13.8 Å². The highest BCUT2D eigenvalue weighted by atomic mass is 35.5. The third-order valence-electron chi connectivity index (χ3n) is 4.13. The molecule has 0 bridgehead atoms. The largest absolute Gasteiger partial charge is 0.486 e. The van der Waals surface area contributed by atoms with E-state index in [4.69, 9.17) is 16.3 Å². The van der Waals surface area contributed by atoms with E-state index in [1.165, 1.54) is 16.6 Å². The highest BCUT2D eigenvalue weighted by Gasteiger charge is 2.15. The van der Waals surface area contributed by atoms with Crippen molar-refractivity contribution in [3.8, 4) is 5.75 Å². The van der Waals surface area contributed by atoms with Gasteiger partial charge in [0.25, 0.3) is 0 Å². The van der Waals surface area contributed by atoms with Crippen molar-refractivity contribution in [1.29, 1.82) is 0 Å². The second-order valence-electron chi connectivity index (χ2n) is 5.48. The molecule has 0 N–H and O–H groups in total. The van der Waals surface area contributed by atoms with E-state index in [9.17, 15) is 0 Å². The monoisotopic (exact) mass is 326 g/mol. The standard InChI is InChI=1S/C19H19ClN2O/c1-4-11-22-14(3)13(2)15-9-10-21-17(19(15)22)12-23-18-8-6-5-7-16(18)20/h4-10H,1,11-12H2,2-3H3. The van der Waals surface area contributed by atoms with Crippen LogP contribution < -0.4 is 4.74 Å². The van der Waals surface area contributed by atoms with Crippen molar-refractivity contribution in [3.05, 3.63) is 71.2 Å². The van der Waals surface area contributed by atoms with Crippen molar-refractivity contribution in [2.45, 2.75) is 27.0 Å². The Bertz CT molecular complexity index is 867. The molecule has 2 heterocycles. The number of aryl methyl sites for hydroxylation is 1. The van der Waals surface area contributed by atoms with E-state index in [1.807, 2.05) is 36.5 Å². The molecule has 0 amide bonds. The van der Waals surface area contributed by atoms with Gasteiger partial charge in [0, 0.05) is 23.8 Å². The number of aromatic nitrogens is 2. The van der Waals surface area contributed by atoms with E-state index in [0.717, 1.165) is 17.8 Å². The second kappa shape index (κ2) is 6.47. The Morgan fingerprint density at radius 1 is 1.26 bits per heavy atom. The topological polar surface area (TPSA) is 27.1 Å². The summed E-state index contributed by atoms with van der Waals surface area (Å²) in [6.07, 6.45) is 3.73. The minimum atomic E-state index is 0.376. The van der Waals surface area contributed by atoms with Gasteiger partial charge in [-0.15, -0.1) is 6.58 Å². The summed E-state index contributed by atoms with van der Waals surface area (Å²) < 4.78 is 8.11. The maximum absolute atomic E-state index is 6.16. The fourth-order valence-electron chi connectivity index (χ4n) is 2.84. The summed E-state index contributed by atoms with van der Waals surface area (Å²) in [6.45, 7) is 9.24. The van der Waals surface area contributed by atoms with Crippen LogP contribution in [-0.4, -0.2) is 9.55 Å². The first-order valence-electron chi connectivity index (χ1n) is 7.55. The zero-order chi connectivity index (χ0) is 16.4. The van der Waals surface area contributed by atoms with Crippen LogP contribution >= 0.6 is 11.6 Å². The normalized spacial score (nSPS) is 10.9. The lowest BCUT2D eigenvalue weighted by atomic mass is 10.2. The molecule has 0 aliphatic heterocycles. The zero-order valence-electron chi connectivity index (χ0n) is 13.3. The van der Waals surface area contributed by atoms with Gasteiger partial charge in [0.2, 0.25) is 0 Å². The van der Waals surface area contributed by atoms with Crippen molar-refractivity contribution in [2.24, 2.45) is 0 Å². The molecule has 0 unspecified atom stereocenters. The van der Waals surface area contributed by atoms with Crippen LogP contribution in [0.5, 0.6) is 5.75 Å². The molecule has 0 fully saturated rings. The molecule has 118 valence electrons. The van der Waals surface area contributed by atoms with Gasteiger partial charge in [-0.2, -0.15) is 0 Å². The molecular weight excluding hydrogens is 308 g/mol. The molecular formula is C19H19ClN2O. The summed E-state index contributed by atoms with van der Waals surface area (Å²) in [7, 11) is 0. The third kappa shape index (κ3) is 2.84. The molecule has 2 aromatic heterocycles. The predicted octanol–water partition coefficient (Wildman–Crippen LogP) is 5.07. The summed E-state index contributed by atoms with van der Waals surface area (Å²) in [5.74, 6) is 0.670. The van der Waals surface area contributed by atoms with Gasteiger partial charge in [0.1, 0.15) is 18.1 Å². The van der Waals surface area contributed by atoms with Gasteiger partial charge in [0.15, 0.2) is 0 Å². The molecule has 0 saturated heterocycles. The number of pyridine rings is 1. The van der Waals surface area contributed by atoms with Gasteiger partial charge < -0.3 is 9.30 Å². The molecule has 0 radical (unpaired) electrons. The Morgan fingerprint density at radius 3 is 2.78 bits per heavy atom. The number of nitrogens with zero attached hydrogens (tertiary/aromatic N) is 2. The quantitative estimate of drug-likeness (QED) is 0.612. The first-order chi connectivity index (χ1) is 11.1. The maximum atomic E-state index is 6.16. The van der Waals surface area contributed by atoms with Gasteiger partial charge in [-0.1, -0.05) is 29.8 Å². The molecule has 23 heavy (non-hydrogen) atoms. The molecule has 3 nitrogen and oxygen atoms in total. The highest BCUT2D eigenvalue weighted by Crippen LogP contribution is 2.29. The van der Waals surface area contributed by atoms with Crippen LogP contribution in [0.3, 0.4) is 0 Å². The first kappa shape index (κ1) is 15.6. The summed E-state index contributed by atoms with van der Waals surface area (Å²) in [6, 6.07) is 9.53. The van der Waals surface area contributed by atoms with Crippen molar-refractivity contribution in [3.63, 3.8) is 0 Å². The second-order valence-corrected chi connectivity index (χ2v) is 5.89. The number of hydrogen-bond acceptors (Lipinski definition) is 2. The van der Waals surface area contributed by atoms with E-state index >= 15 is 0 Å². The molecule has 4 heteroatoms. The fraction of sp³-hybridized carbons (Fsp3) is 0.211. The Balaban J connectivity index is 2.02. The van der Waals surface area contributed by atoms with E-state index in [-0.39, 0.29) is 0 Å². The first-order valence-corrected chi connectivity index (χ1v) is 7.92. The zero-order valence-corrected chi connectivity index (χ0v) is 14.1. The van der Waals surface area contributed by atoms with Crippen LogP contribution in [0.25, 0.3) is 10.9 Å². The Morgan fingerprint density at radius 2 is 2.04 bits per heavy atom. The molecule has 0 atom stereocenters. The Kier molecular flexibility index (Phi) is 4.39. The minimum absolute atomic E-state index is 0.376. The molecule has 3 aromatic rings. The molecule has 0 aliphatic rings. The number of halogens is 1. The fourth-order valence-corrected chi connectivity index (χ4v) is 3.03. The van der Waals surface area contributed by atoms with Gasteiger partial charge >= 0.3 is 0 Å². The van der Waals surface area contributed by atoms with E-state index in [0.29, 0.717) is 17.4 Å². The lowest BCUT2D eigenvalue weighted by Crippen LogP contribution is -2.04. The average Bonchev–Trinajstić information content (AvgIpc) is 2.80. The number of fused-ring (bicyclic) bond motifs is 1. The summed E-state index contributed by atoms with van der Waals surface area (Å²) in [5.41, 5.74) is 4.50. The third-order valence-corrected chi connectivity index (χ3v) is 4.45. The summed E-state index contributed by atoms with van der Waals surface area (Å²) in [4.78, 5) is 4.53. The molecule has 3 rings (SSSR count). The molecule has 0 saturated carbocycles. The maximum Gasteiger partial charge on any atom is 0.138 e. The summed E-state index contributed by atoms with van der Waals surface area (Å²) >= 11 is 6.16. The van der Waals surface area contributed by atoms with Gasteiger partial charge in [-0.05, 0) is 37.6 Å². The number of para-hydroxylation sites is 1. The van der Waals surface area contributed by atoms with Crippen LogP contribution in [0.15, 0.2) is 49.2 Å². The van der Waals surface area contributed by atoms with E-state index in [1.54, 1.807) is 0 Å². The van der Waals surface area contributed by atoms with Crippen LogP contribution in [0.1, 0.15) is 17.0 Å². The van der Waals surface area contributed by atoms with Crippen molar-refractivity contribution < 1.29 is 4.74 Å². The predicted molar refractivity (Wildman–Crippen MR) is 95.2 cm³/mol. The van der Waals surface area contributed by atoms with Crippen LogP contribution in [0.2, 0.25) is 5.02 Å². The summed E-state index contributed by atoms with van der Waals surface area (Å²) in [5, 5.41) is 1.81. The number of benzene rings is 1. The van der Waals surface area contributed by atoms with Crippen molar-refractivity contribution in [1.82, 2.24) is 9.55 Å². The van der Waals surface area contributed by atoms with Gasteiger partial charge in [0.05, 0.1) is 10.5 Å². The lowest BCUT2D eigenvalue weighted by molar-refractivity contribution is 0.302. The number of allylic oxidation sites excluding steroid dienone is 1. The minimum Gasteiger partial charge on any atom is -0.486 e. The molecule has 0 aliphatic carbocycles. The van der Waals surface area contributed by atoms with Crippen LogP contribution in [-0.2, 0) is 13.2 Å². The SMILES string of the molecule is C=CCn1c(C)c(C)c2ccnc(COc3ccccc3Cl)c21. The van der Waals surface area contributed by atoms with E-state index < -0.39 is 0 Å². The van der Waals surface area contributed by atoms with Crippen molar-refractivity contribution in [2.75, 3.05) is 0 Å². The smallest absolute Gasteiger partial charge is 0.138 e. The van der Waals surface area contributed by atoms with E-state index in [2.05, 4.69) is 36.0 Å². The number of ether oxygens (including phenoxy) is 1. The molecule has 1 aromatic carbocycles. The molecule has 0 spiro atoms. The van der Waals surface area contributed by atoms with Crippen LogP contribution in [0.4, 0.5) is 0 Å². The Labute approximate surface area is 141 Å². The highest BCUT2D eigenvalue weighted by molar-refractivity contribution is 6.32. The van der Waals surface area contributed by atoms with Crippen molar-refractivity contribution >= 4 is 22.5 Å². The number of rotatable bonds is 5. The lowest BCUT2D eigenvalue weighted by Gasteiger charge is -2.11. The Hall–Kier alpha value is -2.26. The average molecular weight is 327 g/mol. The van der Waals surface area contributed by atoms with Gasteiger partial charge in [-0.3, -0.25) is 4.98 Å². The number of hydrogen-bond donors (Lipinski definition) is 0.